The van der Waals surface area contributed by atoms with Crippen LogP contribution in [0.5, 0.6) is 5.75 Å². The maximum absolute atomic E-state index is 12.8. The predicted octanol–water partition coefficient (Wildman–Crippen LogP) is 3.72. The largest absolute Gasteiger partial charge is 0.497 e. The van der Waals surface area contributed by atoms with Crippen molar-refractivity contribution >= 4 is 23.2 Å². The number of piperidine rings is 1. The molecule has 0 spiro atoms. The zero-order valence-corrected chi connectivity index (χ0v) is 19.8. The molecule has 9 nitrogen and oxygen atoms in total. The summed E-state index contributed by atoms with van der Waals surface area (Å²) in [5, 5.41) is 7.12. The summed E-state index contributed by atoms with van der Waals surface area (Å²) in [6.45, 7) is 2.90. The molecule has 2 aliphatic heterocycles. The number of aromatic nitrogens is 2. The van der Waals surface area contributed by atoms with Crippen molar-refractivity contribution in [3.05, 3.63) is 54.4 Å². The summed E-state index contributed by atoms with van der Waals surface area (Å²) in [5.74, 6) is 2.05. The number of likely N-dealkylation sites (tertiary alicyclic amines) is 1. The zero-order chi connectivity index (χ0) is 24.2. The van der Waals surface area contributed by atoms with Crippen molar-refractivity contribution < 1.29 is 18.8 Å². The first-order valence-electron chi connectivity index (χ1n) is 12.0. The Morgan fingerprint density at radius 1 is 1.09 bits per heavy atom. The molecule has 2 aliphatic rings. The fourth-order valence-electron chi connectivity index (χ4n) is 4.61. The van der Waals surface area contributed by atoms with E-state index in [0.717, 1.165) is 61.6 Å². The van der Waals surface area contributed by atoms with Crippen LogP contribution in [0.3, 0.4) is 0 Å². The van der Waals surface area contributed by atoms with Gasteiger partial charge in [-0.1, -0.05) is 5.16 Å². The predicted molar refractivity (Wildman–Crippen MR) is 131 cm³/mol. The van der Waals surface area contributed by atoms with E-state index in [1.165, 1.54) is 0 Å². The Bertz CT molecular complexity index is 1170. The van der Waals surface area contributed by atoms with Crippen LogP contribution < -0.4 is 15.0 Å². The molecule has 9 heteroatoms. The molecular formula is C26H29N5O4. The van der Waals surface area contributed by atoms with Gasteiger partial charge in [-0.15, -0.1) is 0 Å². The van der Waals surface area contributed by atoms with E-state index in [-0.39, 0.29) is 17.7 Å². The third-order valence-corrected chi connectivity index (χ3v) is 6.65. The molecule has 0 unspecified atom stereocenters. The standard InChI is InChI=1S/C26H29N5O4/c1-34-22-10-4-18(5-11-22)25-28-23(35-29-25)17-30-15-12-19(13-16-30)26(33)27-20-6-8-21(9-7-20)31-14-2-3-24(31)32/h4-11,19H,2-3,12-17H2,1H3,(H,27,33). The Kier molecular flexibility index (Phi) is 6.76. The van der Waals surface area contributed by atoms with Crippen LogP contribution in [0.15, 0.2) is 53.1 Å². The van der Waals surface area contributed by atoms with E-state index < -0.39 is 0 Å². The van der Waals surface area contributed by atoms with Crippen LogP contribution in [0, 0.1) is 5.92 Å². The average Bonchev–Trinajstić information content (AvgIpc) is 3.54. The molecule has 35 heavy (non-hydrogen) atoms. The Balaban J connectivity index is 1.10. The monoisotopic (exact) mass is 475 g/mol. The number of methoxy groups -OCH3 is 1. The minimum Gasteiger partial charge on any atom is -0.497 e. The first kappa shape index (κ1) is 23.0. The van der Waals surface area contributed by atoms with Crippen LogP contribution >= 0.6 is 0 Å². The molecule has 3 heterocycles. The highest BCUT2D eigenvalue weighted by molar-refractivity contribution is 5.96. The number of amides is 2. The van der Waals surface area contributed by atoms with Gasteiger partial charge in [0.2, 0.25) is 23.5 Å². The molecule has 2 saturated heterocycles. The van der Waals surface area contributed by atoms with Crippen molar-refractivity contribution in [1.29, 1.82) is 0 Å². The number of nitrogens with one attached hydrogen (secondary N) is 1. The smallest absolute Gasteiger partial charge is 0.241 e. The van der Waals surface area contributed by atoms with Gasteiger partial charge >= 0.3 is 0 Å². The Hall–Kier alpha value is -3.72. The van der Waals surface area contributed by atoms with E-state index in [1.54, 1.807) is 12.0 Å². The van der Waals surface area contributed by atoms with Crippen molar-refractivity contribution in [3.63, 3.8) is 0 Å². The lowest BCUT2D eigenvalue weighted by Gasteiger charge is -2.30. The van der Waals surface area contributed by atoms with Crippen molar-refractivity contribution in [1.82, 2.24) is 15.0 Å². The van der Waals surface area contributed by atoms with Crippen LogP contribution in [0.25, 0.3) is 11.4 Å². The van der Waals surface area contributed by atoms with Gasteiger partial charge in [-0.25, -0.2) is 0 Å². The van der Waals surface area contributed by atoms with E-state index >= 15 is 0 Å². The summed E-state index contributed by atoms with van der Waals surface area (Å²) in [4.78, 5) is 33.2. The van der Waals surface area contributed by atoms with Gasteiger partial charge in [-0.05, 0) is 80.9 Å². The molecule has 1 aromatic heterocycles. The molecule has 0 bridgehead atoms. The lowest BCUT2D eigenvalue weighted by Crippen LogP contribution is -2.37. The summed E-state index contributed by atoms with van der Waals surface area (Å²) in [5.41, 5.74) is 2.51. The van der Waals surface area contributed by atoms with Gasteiger partial charge in [0, 0.05) is 35.8 Å². The number of benzene rings is 2. The summed E-state index contributed by atoms with van der Waals surface area (Å²) in [6.07, 6.45) is 3.04. The number of hydrogen-bond acceptors (Lipinski definition) is 7. The normalized spacial score (nSPS) is 17.1. The first-order chi connectivity index (χ1) is 17.1. The third kappa shape index (κ3) is 5.35. The molecule has 182 valence electrons. The number of carbonyl (C=O) groups is 2. The summed E-state index contributed by atoms with van der Waals surface area (Å²) >= 11 is 0. The van der Waals surface area contributed by atoms with Gasteiger partial charge in [-0.3, -0.25) is 14.5 Å². The molecular weight excluding hydrogens is 446 g/mol. The quantitative estimate of drug-likeness (QED) is 0.556. The van der Waals surface area contributed by atoms with Crippen LogP contribution in [0.2, 0.25) is 0 Å². The van der Waals surface area contributed by atoms with Crippen LogP contribution in [-0.4, -0.2) is 53.6 Å². The highest BCUT2D eigenvalue weighted by Crippen LogP contribution is 2.25. The molecule has 2 amide bonds. The van der Waals surface area contributed by atoms with Crippen molar-refractivity contribution in [2.75, 3.05) is 37.0 Å². The van der Waals surface area contributed by atoms with Gasteiger partial charge in [0.25, 0.3) is 0 Å². The van der Waals surface area contributed by atoms with Crippen LogP contribution in [0.1, 0.15) is 31.6 Å². The molecule has 2 aromatic carbocycles. The van der Waals surface area contributed by atoms with Crippen LogP contribution in [0.4, 0.5) is 11.4 Å². The summed E-state index contributed by atoms with van der Waals surface area (Å²) < 4.78 is 10.6. The van der Waals surface area contributed by atoms with Gasteiger partial charge in [-0.2, -0.15) is 4.98 Å². The topological polar surface area (TPSA) is 101 Å². The Morgan fingerprint density at radius 3 is 2.49 bits per heavy atom. The maximum Gasteiger partial charge on any atom is 0.241 e. The number of nitrogens with zero attached hydrogens (tertiary/aromatic N) is 4. The number of ether oxygens (including phenoxy) is 1. The number of rotatable bonds is 7. The van der Waals surface area contributed by atoms with E-state index in [4.69, 9.17) is 9.26 Å². The fraction of sp³-hybridized carbons (Fsp3) is 0.385. The first-order valence-corrected chi connectivity index (χ1v) is 12.0. The van der Waals surface area contributed by atoms with Gasteiger partial charge in [0.15, 0.2) is 0 Å². The molecule has 3 aromatic rings. The molecule has 0 atom stereocenters. The van der Waals surface area contributed by atoms with E-state index in [1.807, 2.05) is 48.5 Å². The molecule has 1 N–H and O–H groups in total. The number of anilines is 2. The average molecular weight is 476 g/mol. The SMILES string of the molecule is COc1ccc(-c2noc(CN3CCC(C(=O)Nc4ccc(N5CCCC5=O)cc4)CC3)n2)cc1. The van der Waals surface area contributed by atoms with Crippen molar-refractivity contribution in [2.45, 2.75) is 32.2 Å². The highest BCUT2D eigenvalue weighted by Gasteiger charge is 2.26. The Labute approximate surface area is 204 Å². The van der Waals surface area contributed by atoms with Gasteiger partial charge in [0.1, 0.15) is 5.75 Å². The molecule has 0 saturated carbocycles. The maximum atomic E-state index is 12.8. The van der Waals surface area contributed by atoms with Gasteiger partial charge in [0.05, 0.1) is 13.7 Å². The molecule has 0 radical (unpaired) electrons. The van der Waals surface area contributed by atoms with E-state index in [0.29, 0.717) is 24.7 Å². The minimum absolute atomic E-state index is 0.0363. The van der Waals surface area contributed by atoms with Crippen molar-refractivity contribution in [2.24, 2.45) is 5.92 Å². The fourth-order valence-corrected chi connectivity index (χ4v) is 4.61. The molecule has 2 fully saturated rings. The second kappa shape index (κ2) is 10.3. The second-order valence-electron chi connectivity index (χ2n) is 8.98. The highest BCUT2D eigenvalue weighted by atomic mass is 16.5. The van der Waals surface area contributed by atoms with Crippen molar-refractivity contribution in [3.8, 4) is 17.1 Å². The third-order valence-electron chi connectivity index (χ3n) is 6.65. The van der Waals surface area contributed by atoms with Gasteiger partial charge < -0.3 is 19.5 Å². The number of carbonyl (C=O) groups excluding carboxylic acids is 2. The lowest BCUT2D eigenvalue weighted by atomic mass is 9.96. The zero-order valence-electron chi connectivity index (χ0n) is 19.8. The second-order valence-corrected chi connectivity index (χ2v) is 8.98. The summed E-state index contributed by atoms with van der Waals surface area (Å²) in [7, 11) is 1.63. The van der Waals surface area contributed by atoms with E-state index in [9.17, 15) is 9.59 Å². The lowest BCUT2D eigenvalue weighted by molar-refractivity contribution is -0.121. The minimum atomic E-state index is -0.0383. The molecule has 0 aliphatic carbocycles. The molecule has 5 rings (SSSR count). The van der Waals surface area contributed by atoms with E-state index in [2.05, 4.69) is 20.4 Å². The number of hydrogen-bond donors (Lipinski definition) is 1. The van der Waals surface area contributed by atoms with Crippen LogP contribution in [-0.2, 0) is 16.1 Å². The summed E-state index contributed by atoms with van der Waals surface area (Å²) in [6, 6.07) is 15.0. The Morgan fingerprint density at radius 2 is 1.83 bits per heavy atom.